The van der Waals surface area contributed by atoms with Gasteiger partial charge in [-0.2, -0.15) is 0 Å². The highest BCUT2D eigenvalue weighted by molar-refractivity contribution is 6.42. The molecule has 0 saturated heterocycles. The molecule has 0 saturated carbocycles. The summed E-state index contributed by atoms with van der Waals surface area (Å²) in [6.07, 6.45) is 0. The summed E-state index contributed by atoms with van der Waals surface area (Å²) in [6.45, 7) is 4.20. The average Bonchev–Trinajstić information content (AvgIpc) is 2.34. The van der Waals surface area contributed by atoms with Gasteiger partial charge >= 0.3 is 0 Å². The number of hydrogen-bond acceptors (Lipinski definition) is 1. The SMILES string of the molecule is Cc1ccc(C(C)Nc2ccc(Cl)c(Cl)c2)cc1. The molecule has 1 N–H and O–H groups in total. The van der Waals surface area contributed by atoms with Crippen LogP contribution in [0.3, 0.4) is 0 Å². The number of rotatable bonds is 3. The Morgan fingerprint density at radius 2 is 1.61 bits per heavy atom. The Morgan fingerprint density at radius 1 is 0.944 bits per heavy atom. The van der Waals surface area contributed by atoms with E-state index in [2.05, 4.69) is 43.4 Å². The van der Waals surface area contributed by atoms with E-state index in [0.717, 1.165) is 5.69 Å². The molecule has 0 aliphatic rings. The summed E-state index contributed by atoms with van der Waals surface area (Å²) in [6, 6.07) is 14.3. The van der Waals surface area contributed by atoms with Crippen molar-refractivity contribution in [3.05, 3.63) is 63.6 Å². The van der Waals surface area contributed by atoms with E-state index >= 15 is 0 Å². The lowest BCUT2D eigenvalue weighted by Crippen LogP contribution is -2.06. The Labute approximate surface area is 118 Å². The first-order chi connectivity index (χ1) is 8.56. The molecule has 2 aromatic carbocycles. The molecule has 3 heteroatoms. The predicted molar refractivity (Wildman–Crippen MR) is 79.7 cm³/mol. The van der Waals surface area contributed by atoms with Crippen LogP contribution in [0.2, 0.25) is 10.0 Å². The molecule has 0 bridgehead atoms. The van der Waals surface area contributed by atoms with Crippen LogP contribution in [0.4, 0.5) is 5.69 Å². The van der Waals surface area contributed by atoms with E-state index < -0.39 is 0 Å². The average molecular weight is 280 g/mol. The first-order valence-corrected chi connectivity index (χ1v) is 6.60. The van der Waals surface area contributed by atoms with Crippen LogP contribution in [-0.2, 0) is 0 Å². The Balaban J connectivity index is 2.13. The second kappa shape index (κ2) is 5.64. The summed E-state index contributed by atoms with van der Waals surface area (Å²) in [4.78, 5) is 0. The maximum absolute atomic E-state index is 5.99. The summed E-state index contributed by atoms with van der Waals surface area (Å²) < 4.78 is 0. The fraction of sp³-hybridized carbons (Fsp3) is 0.200. The number of aryl methyl sites for hydroxylation is 1. The highest BCUT2D eigenvalue weighted by Gasteiger charge is 2.06. The first kappa shape index (κ1) is 13.3. The van der Waals surface area contributed by atoms with Gasteiger partial charge in [0.05, 0.1) is 10.0 Å². The van der Waals surface area contributed by atoms with Crippen molar-refractivity contribution in [2.75, 3.05) is 5.32 Å². The summed E-state index contributed by atoms with van der Waals surface area (Å²) in [5, 5.41) is 4.54. The monoisotopic (exact) mass is 279 g/mol. The lowest BCUT2D eigenvalue weighted by Gasteiger charge is -2.16. The molecule has 0 amide bonds. The van der Waals surface area contributed by atoms with Crippen molar-refractivity contribution in [2.45, 2.75) is 19.9 Å². The third kappa shape index (κ3) is 3.18. The summed E-state index contributed by atoms with van der Waals surface area (Å²) in [5.74, 6) is 0. The molecule has 0 spiro atoms. The Bertz CT molecular complexity index is 535. The van der Waals surface area contributed by atoms with Crippen molar-refractivity contribution in [2.24, 2.45) is 0 Å². The molecule has 0 fully saturated rings. The molecule has 1 nitrogen and oxygen atoms in total. The molecule has 0 aliphatic heterocycles. The Morgan fingerprint density at radius 3 is 2.22 bits per heavy atom. The van der Waals surface area contributed by atoms with Crippen LogP contribution in [0.5, 0.6) is 0 Å². The van der Waals surface area contributed by atoms with Crippen LogP contribution < -0.4 is 5.32 Å². The fourth-order valence-corrected chi connectivity index (χ4v) is 2.07. The molecule has 2 rings (SSSR count). The summed E-state index contributed by atoms with van der Waals surface area (Å²) in [7, 11) is 0. The molecular formula is C15H15Cl2N. The number of anilines is 1. The fourth-order valence-electron chi connectivity index (χ4n) is 1.77. The van der Waals surface area contributed by atoms with Gasteiger partial charge in [0, 0.05) is 11.7 Å². The largest absolute Gasteiger partial charge is 0.378 e. The minimum Gasteiger partial charge on any atom is -0.378 e. The molecule has 1 atom stereocenters. The minimum absolute atomic E-state index is 0.225. The maximum atomic E-state index is 5.99. The van der Waals surface area contributed by atoms with Gasteiger partial charge in [0.1, 0.15) is 0 Å². The molecule has 0 radical (unpaired) electrons. The quantitative estimate of drug-likeness (QED) is 0.785. The molecule has 0 aromatic heterocycles. The van der Waals surface area contributed by atoms with Gasteiger partial charge in [-0.05, 0) is 37.6 Å². The van der Waals surface area contributed by atoms with Gasteiger partial charge in [0.2, 0.25) is 0 Å². The molecule has 0 aliphatic carbocycles. The molecule has 0 heterocycles. The molecule has 94 valence electrons. The van der Waals surface area contributed by atoms with Crippen molar-refractivity contribution in [3.8, 4) is 0 Å². The Hall–Kier alpha value is -1.18. The van der Waals surface area contributed by atoms with Gasteiger partial charge in [0.25, 0.3) is 0 Å². The minimum atomic E-state index is 0.225. The van der Waals surface area contributed by atoms with E-state index in [-0.39, 0.29) is 6.04 Å². The van der Waals surface area contributed by atoms with E-state index in [1.165, 1.54) is 11.1 Å². The van der Waals surface area contributed by atoms with E-state index in [9.17, 15) is 0 Å². The van der Waals surface area contributed by atoms with Crippen molar-refractivity contribution in [3.63, 3.8) is 0 Å². The van der Waals surface area contributed by atoms with E-state index in [1.807, 2.05) is 12.1 Å². The summed E-state index contributed by atoms with van der Waals surface area (Å²) >= 11 is 11.9. The topological polar surface area (TPSA) is 12.0 Å². The van der Waals surface area contributed by atoms with Gasteiger partial charge in [-0.3, -0.25) is 0 Å². The van der Waals surface area contributed by atoms with Crippen LogP contribution in [0.1, 0.15) is 24.1 Å². The van der Waals surface area contributed by atoms with Gasteiger partial charge in [-0.15, -0.1) is 0 Å². The van der Waals surface area contributed by atoms with Crippen LogP contribution in [-0.4, -0.2) is 0 Å². The predicted octanol–water partition coefficient (Wildman–Crippen LogP) is 5.47. The van der Waals surface area contributed by atoms with E-state index in [1.54, 1.807) is 6.07 Å². The smallest absolute Gasteiger partial charge is 0.0612 e. The second-order valence-electron chi connectivity index (χ2n) is 4.41. The molecule has 1 unspecified atom stereocenters. The van der Waals surface area contributed by atoms with E-state index in [4.69, 9.17) is 23.2 Å². The number of nitrogens with one attached hydrogen (secondary N) is 1. The van der Waals surface area contributed by atoms with Crippen molar-refractivity contribution >= 4 is 28.9 Å². The Kier molecular flexibility index (Phi) is 4.15. The van der Waals surface area contributed by atoms with Gasteiger partial charge in [-0.1, -0.05) is 53.0 Å². The van der Waals surface area contributed by atoms with Crippen LogP contribution >= 0.6 is 23.2 Å². The third-order valence-electron chi connectivity index (χ3n) is 2.88. The van der Waals surface area contributed by atoms with Gasteiger partial charge in [-0.25, -0.2) is 0 Å². The number of hydrogen-bond donors (Lipinski definition) is 1. The lowest BCUT2D eigenvalue weighted by atomic mass is 10.1. The van der Waals surface area contributed by atoms with Crippen molar-refractivity contribution in [1.29, 1.82) is 0 Å². The zero-order chi connectivity index (χ0) is 13.1. The van der Waals surface area contributed by atoms with Crippen LogP contribution in [0.25, 0.3) is 0 Å². The third-order valence-corrected chi connectivity index (χ3v) is 3.62. The highest BCUT2D eigenvalue weighted by atomic mass is 35.5. The number of benzene rings is 2. The normalized spacial score (nSPS) is 12.2. The first-order valence-electron chi connectivity index (χ1n) is 5.84. The van der Waals surface area contributed by atoms with Gasteiger partial charge in [0.15, 0.2) is 0 Å². The molecular weight excluding hydrogens is 265 g/mol. The zero-order valence-electron chi connectivity index (χ0n) is 10.4. The maximum Gasteiger partial charge on any atom is 0.0612 e. The van der Waals surface area contributed by atoms with Crippen molar-refractivity contribution in [1.82, 2.24) is 0 Å². The standard InChI is InChI=1S/C15H15Cl2N/c1-10-3-5-12(6-4-10)11(2)18-13-7-8-14(16)15(17)9-13/h3-9,11,18H,1-2H3. The van der Waals surface area contributed by atoms with Crippen molar-refractivity contribution < 1.29 is 0 Å². The van der Waals surface area contributed by atoms with Gasteiger partial charge < -0.3 is 5.32 Å². The lowest BCUT2D eigenvalue weighted by molar-refractivity contribution is 0.884. The van der Waals surface area contributed by atoms with Crippen LogP contribution in [0, 0.1) is 6.92 Å². The number of halogens is 2. The zero-order valence-corrected chi connectivity index (χ0v) is 11.9. The second-order valence-corrected chi connectivity index (χ2v) is 5.22. The van der Waals surface area contributed by atoms with Crippen LogP contribution in [0.15, 0.2) is 42.5 Å². The summed E-state index contributed by atoms with van der Waals surface area (Å²) in [5.41, 5.74) is 3.48. The molecule has 18 heavy (non-hydrogen) atoms. The van der Waals surface area contributed by atoms with E-state index in [0.29, 0.717) is 10.0 Å². The molecule has 2 aromatic rings. The highest BCUT2D eigenvalue weighted by Crippen LogP contribution is 2.27.